The van der Waals surface area contributed by atoms with Crippen molar-refractivity contribution in [3.05, 3.63) is 78.3 Å². The number of oxazole rings is 1. The Hall–Kier alpha value is -2.88. The molecule has 23 heavy (non-hydrogen) atoms. The second-order valence-electron chi connectivity index (χ2n) is 5.73. The molecule has 1 saturated heterocycles. The van der Waals surface area contributed by atoms with Gasteiger partial charge in [0.2, 0.25) is 5.91 Å². The van der Waals surface area contributed by atoms with Gasteiger partial charge < -0.3 is 9.73 Å². The molecule has 2 unspecified atom stereocenters. The van der Waals surface area contributed by atoms with Gasteiger partial charge in [0.1, 0.15) is 0 Å². The lowest BCUT2D eigenvalue weighted by molar-refractivity contribution is -0.120. The maximum atomic E-state index is 12.3. The highest BCUT2D eigenvalue weighted by molar-refractivity contribution is 5.87. The van der Waals surface area contributed by atoms with Gasteiger partial charge >= 0.3 is 0 Å². The molecule has 0 bridgehead atoms. The maximum Gasteiger partial charge on any atom is 0.228 e. The number of rotatable bonds is 3. The summed E-state index contributed by atoms with van der Waals surface area (Å²) in [5.74, 6) is 0.792. The fourth-order valence-electron chi connectivity index (χ4n) is 3.26. The summed E-state index contributed by atoms with van der Waals surface area (Å²) in [6.45, 7) is 0.651. The maximum absolute atomic E-state index is 12.3. The van der Waals surface area contributed by atoms with Crippen LogP contribution in [0.15, 0.2) is 71.6 Å². The van der Waals surface area contributed by atoms with Gasteiger partial charge in [0.25, 0.3) is 0 Å². The molecule has 4 nitrogen and oxygen atoms in total. The molecule has 2 atom stereocenters. The topological polar surface area (TPSA) is 55.1 Å². The zero-order valence-electron chi connectivity index (χ0n) is 12.5. The third kappa shape index (κ3) is 2.52. The molecule has 0 radical (unpaired) electrons. The van der Waals surface area contributed by atoms with Crippen LogP contribution in [0.1, 0.15) is 23.0 Å². The van der Waals surface area contributed by atoms with Crippen molar-refractivity contribution >= 4 is 5.91 Å². The molecule has 4 rings (SSSR count). The van der Waals surface area contributed by atoms with Crippen LogP contribution < -0.4 is 5.32 Å². The highest BCUT2D eigenvalue weighted by Crippen LogP contribution is 2.37. The minimum absolute atomic E-state index is 0.0891. The Morgan fingerprint density at radius 2 is 1.87 bits per heavy atom. The summed E-state index contributed by atoms with van der Waals surface area (Å²) >= 11 is 0. The number of aromatic nitrogens is 1. The second-order valence-corrected chi connectivity index (χ2v) is 5.73. The van der Waals surface area contributed by atoms with E-state index in [-0.39, 0.29) is 17.7 Å². The van der Waals surface area contributed by atoms with Crippen LogP contribution >= 0.6 is 0 Å². The van der Waals surface area contributed by atoms with Crippen molar-refractivity contribution in [1.82, 2.24) is 10.3 Å². The van der Waals surface area contributed by atoms with Crippen molar-refractivity contribution in [3.8, 4) is 11.3 Å². The van der Waals surface area contributed by atoms with E-state index in [9.17, 15) is 4.79 Å². The van der Waals surface area contributed by atoms with Gasteiger partial charge in [-0.3, -0.25) is 4.79 Å². The Kier molecular flexibility index (Phi) is 3.42. The molecule has 1 N–H and O–H groups in total. The van der Waals surface area contributed by atoms with Gasteiger partial charge in [0.05, 0.1) is 12.1 Å². The standard InChI is InChI=1S/C19H16N2O2/c22-19-18(13-5-2-1-3-6-13)16(10-21-19)14-7-4-8-15(9-14)17-11-20-12-23-17/h1-9,11-12,16,18H,10H2,(H,21,22). The van der Waals surface area contributed by atoms with E-state index in [1.165, 1.54) is 6.39 Å². The van der Waals surface area contributed by atoms with Crippen molar-refractivity contribution in [3.63, 3.8) is 0 Å². The van der Waals surface area contributed by atoms with E-state index in [0.717, 1.165) is 22.5 Å². The number of hydrogen-bond acceptors (Lipinski definition) is 3. The van der Waals surface area contributed by atoms with Crippen LogP contribution in [-0.4, -0.2) is 17.4 Å². The van der Waals surface area contributed by atoms with Crippen LogP contribution in [0.25, 0.3) is 11.3 Å². The van der Waals surface area contributed by atoms with Crippen molar-refractivity contribution < 1.29 is 9.21 Å². The van der Waals surface area contributed by atoms with E-state index in [4.69, 9.17) is 4.42 Å². The molecule has 1 aromatic heterocycles. The summed E-state index contributed by atoms with van der Waals surface area (Å²) in [6.07, 6.45) is 3.13. The number of hydrogen-bond donors (Lipinski definition) is 1. The van der Waals surface area contributed by atoms with Gasteiger partial charge in [0.15, 0.2) is 12.2 Å². The highest BCUT2D eigenvalue weighted by Gasteiger charge is 2.36. The number of nitrogens with zero attached hydrogens (tertiary/aromatic N) is 1. The molecule has 2 heterocycles. The average molecular weight is 304 g/mol. The van der Waals surface area contributed by atoms with Gasteiger partial charge in [-0.25, -0.2) is 4.98 Å². The number of benzene rings is 2. The summed E-state index contributed by atoms with van der Waals surface area (Å²) in [5, 5.41) is 3.00. The van der Waals surface area contributed by atoms with Gasteiger partial charge in [-0.1, -0.05) is 48.5 Å². The Morgan fingerprint density at radius 1 is 1.04 bits per heavy atom. The molecule has 1 aliphatic rings. The SMILES string of the molecule is O=C1NCC(c2cccc(-c3cnco3)c2)C1c1ccccc1. The third-order valence-corrected chi connectivity index (χ3v) is 4.37. The smallest absolute Gasteiger partial charge is 0.228 e. The predicted molar refractivity (Wildman–Crippen MR) is 86.9 cm³/mol. The van der Waals surface area contributed by atoms with E-state index in [0.29, 0.717) is 6.54 Å². The quantitative estimate of drug-likeness (QED) is 0.807. The van der Waals surface area contributed by atoms with Gasteiger partial charge in [-0.15, -0.1) is 0 Å². The van der Waals surface area contributed by atoms with Gasteiger partial charge in [-0.05, 0) is 17.2 Å². The fourth-order valence-corrected chi connectivity index (χ4v) is 3.26. The zero-order chi connectivity index (χ0) is 15.6. The number of carbonyl (C=O) groups is 1. The molecule has 0 spiro atoms. The Morgan fingerprint density at radius 3 is 2.65 bits per heavy atom. The number of amides is 1. The molecule has 4 heteroatoms. The first-order valence-corrected chi connectivity index (χ1v) is 7.64. The minimum atomic E-state index is -0.152. The molecule has 0 aliphatic carbocycles. The lowest BCUT2D eigenvalue weighted by Crippen LogP contribution is -2.18. The minimum Gasteiger partial charge on any atom is -0.444 e. The third-order valence-electron chi connectivity index (χ3n) is 4.37. The number of carbonyl (C=O) groups excluding carboxylic acids is 1. The summed E-state index contributed by atoms with van der Waals surface area (Å²) in [7, 11) is 0. The van der Waals surface area contributed by atoms with Crippen LogP contribution in [0.2, 0.25) is 0 Å². The van der Waals surface area contributed by atoms with Gasteiger partial charge in [-0.2, -0.15) is 0 Å². The molecule has 2 aromatic carbocycles. The predicted octanol–water partition coefficient (Wildman–Crippen LogP) is 3.34. The Labute approximate surface area is 134 Å². The van der Waals surface area contributed by atoms with Crippen molar-refractivity contribution in [1.29, 1.82) is 0 Å². The zero-order valence-corrected chi connectivity index (χ0v) is 12.5. The molecular weight excluding hydrogens is 288 g/mol. The Bertz CT molecular complexity index is 812. The first kappa shape index (κ1) is 13.8. The van der Waals surface area contributed by atoms with E-state index < -0.39 is 0 Å². The van der Waals surface area contributed by atoms with Crippen LogP contribution in [-0.2, 0) is 4.79 Å². The fraction of sp³-hybridized carbons (Fsp3) is 0.158. The first-order chi connectivity index (χ1) is 11.3. The van der Waals surface area contributed by atoms with E-state index in [1.807, 2.05) is 42.5 Å². The van der Waals surface area contributed by atoms with Crippen LogP contribution in [0.3, 0.4) is 0 Å². The Balaban J connectivity index is 1.72. The summed E-state index contributed by atoms with van der Waals surface area (Å²) in [5.41, 5.74) is 3.16. The molecule has 1 amide bonds. The normalized spacial score (nSPS) is 20.4. The van der Waals surface area contributed by atoms with Crippen molar-refractivity contribution in [2.45, 2.75) is 11.8 Å². The molecule has 0 saturated carbocycles. The first-order valence-electron chi connectivity index (χ1n) is 7.64. The largest absolute Gasteiger partial charge is 0.444 e. The van der Waals surface area contributed by atoms with Gasteiger partial charge in [0, 0.05) is 18.0 Å². The van der Waals surface area contributed by atoms with E-state index in [1.54, 1.807) is 6.20 Å². The molecule has 1 fully saturated rings. The number of nitrogens with one attached hydrogen (secondary N) is 1. The summed E-state index contributed by atoms with van der Waals surface area (Å²) in [6, 6.07) is 18.1. The molecule has 1 aliphatic heterocycles. The molecule has 3 aromatic rings. The lowest BCUT2D eigenvalue weighted by Gasteiger charge is -2.18. The van der Waals surface area contributed by atoms with Crippen molar-refractivity contribution in [2.24, 2.45) is 0 Å². The molecule has 114 valence electrons. The lowest BCUT2D eigenvalue weighted by atomic mass is 9.83. The highest BCUT2D eigenvalue weighted by atomic mass is 16.3. The monoisotopic (exact) mass is 304 g/mol. The second kappa shape index (κ2) is 5.72. The molecular formula is C19H16N2O2. The van der Waals surface area contributed by atoms with Crippen LogP contribution in [0.4, 0.5) is 0 Å². The summed E-state index contributed by atoms with van der Waals surface area (Å²) in [4.78, 5) is 16.3. The van der Waals surface area contributed by atoms with E-state index >= 15 is 0 Å². The summed E-state index contributed by atoms with van der Waals surface area (Å²) < 4.78 is 5.38. The van der Waals surface area contributed by atoms with Crippen LogP contribution in [0, 0.1) is 0 Å². The van der Waals surface area contributed by atoms with Crippen LogP contribution in [0.5, 0.6) is 0 Å². The van der Waals surface area contributed by atoms with E-state index in [2.05, 4.69) is 22.4 Å². The van der Waals surface area contributed by atoms with Crippen molar-refractivity contribution in [2.75, 3.05) is 6.54 Å². The average Bonchev–Trinajstić information content (AvgIpc) is 3.25.